The molecule has 0 amide bonds. The lowest BCUT2D eigenvalue weighted by atomic mass is 10.0. The summed E-state index contributed by atoms with van der Waals surface area (Å²) in [5.41, 5.74) is 2.77. The molecule has 0 saturated carbocycles. The number of benzene rings is 1. The number of halogens is 2. The molecule has 88 valence electrons. The summed E-state index contributed by atoms with van der Waals surface area (Å²) in [5, 5.41) is 0.929. The Bertz CT molecular complexity index is 365. The highest BCUT2D eigenvalue weighted by atomic mass is 79.9. The standard InChI is InChI=1S/C13H17Br2N/c1-10-4-2-3-7-16(10)13-8-12(15)6-5-11(13)9-14/h5-6,8,10H,2-4,7,9H2,1H3. The zero-order valence-corrected chi connectivity index (χ0v) is 12.7. The van der Waals surface area contributed by atoms with Gasteiger partial charge in [-0.2, -0.15) is 0 Å². The molecule has 1 aliphatic rings. The first-order valence-corrected chi connectivity index (χ1v) is 7.75. The molecule has 16 heavy (non-hydrogen) atoms. The van der Waals surface area contributed by atoms with Crippen molar-refractivity contribution in [1.82, 2.24) is 0 Å². The fourth-order valence-electron chi connectivity index (χ4n) is 2.37. The van der Waals surface area contributed by atoms with Gasteiger partial charge in [0.05, 0.1) is 0 Å². The quantitative estimate of drug-likeness (QED) is 0.700. The summed E-state index contributed by atoms with van der Waals surface area (Å²) in [6.07, 6.45) is 4.00. The van der Waals surface area contributed by atoms with Crippen molar-refractivity contribution in [2.24, 2.45) is 0 Å². The second-order valence-corrected chi connectivity index (χ2v) is 5.92. The number of nitrogens with zero attached hydrogens (tertiary/aromatic N) is 1. The normalized spacial score (nSPS) is 21.2. The van der Waals surface area contributed by atoms with Gasteiger partial charge in [-0.1, -0.05) is 37.9 Å². The summed E-state index contributed by atoms with van der Waals surface area (Å²) in [6, 6.07) is 7.24. The van der Waals surface area contributed by atoms with Gasteiger partial charge in [-0.05, 0) is 43.9 Å². The van der Waals surface area contributed by atoms with Gasteiger partial charge in [-0.15, -0.1) is 0 Å². The minimum absolute atomic E-state index is 0.667. The van der Waals surface area contributed by atoms with Crippen molar-refractivity contribution in [3.8, 4) is 0 Å². The summed E-state index contributed by atoms with van der Waals surface area (Å²) in [4.78, 5) is 2.55. The third-order valence-corrected chi connectivity index (χ3v) is 4.40. The predicted molar refractivity (Wildman–Crippen MR) is 77.4 cm³/mol. The van der Waals surface area contributed by atoms with Crippen LogP contribution in [0, 0.1) is 0 Å². The highest BCUT2D eigenvalue weighted by molar-refractivity contribution is 9.10. The number of hydrogen-bond donors (Lipinski definition) is 0. The monoisotopic (exact) mass is 345 g/mol. The minimum atomic E-state index is 0.667. The molecule has 1 fully saturated rings. The Hall–Kier alpha value is -0.0200. The molecule has 2 rings (SSSR count). The van der Waals surface area contributed by atoms with Gasteiger partial charge in [-0.25, -0.2) is 0 Å². The minimum Gasteiger partial charge on any atom is -0.369 e. The third kappa shape index (κ3) is 2.62. The maximum atomic E-state index is 3.58. The van der Waals surface area contributed by atoms with E-state index in [1.54, 1.807) is 0 Å². The summed E-state index contributed by atoms with van der Waals surface area (Å²) < 4.78 is 1.17. The lowest BCUT2D eigenvalue weighted by Crippen LogP contribution is -2.37. The van der Waals surface area contributed by atoms with Gasteiger partial charge in [0.25, 0.3) is 0 Å². The summed E-state index contributed by atoms with van der Waals surface area (Å²) >= 11 is 7.15. The Morgan fingerprint density at radius 3 is 2.88 bits per heavy atom. The van der Waals surface area contributed by atoms with Gasteiger partial charge < -0.3 is 4.90 Å². The highest BCUT2D eigenvalue weighted by Crippen LogP contribution is 2.31. The molecule has 1 atom stereocenters. The molecule has 1 nitrogen and oxygen atoms in total. The Balaban J connectivity index is 2.33. The van der Waals surface area contributed by atoms with Crippen LogP contribution in [0.2, 0.25) is 0 Å². The van der Waals surface area contributed by atoms with Gasteiger partial charge in [0, 0.05) is 28.1 Å². The van der Waals surface area contributed by atoms with Crippen molar-refractivity contribution >= 4 is 37.5 Å². The molecule has 1 aromatic carbocycles. The van der Waals surface area contributed by atoms with E-state index in [1.165, 1.54) is 41.5 Å². The molecule has 0 aromatic heterocycles. The van der Waals surface area contributed by atoms with E-state index in [9.17, 15) is 0 Å². The SMILES string of the molecule is CC1CCCCN1c1cc(Br)ccc1CBr. The molecule has 0 spiro atoms. The molecular weight excluding hydrogens is 330 g/mol. The van der Waals surface area contributed by atoms with Crippen molar-refractivity contribution in [3.63, 3.8) is 0 Å². The van der Waals surface area contributed by atoms with Crippen LogP contribution in [-0.2, 0) is 5.33 Å². The second-order valence-electron chi connectivity index (χ2n) is 4.44. The highest BCUT2D eigenvalue weighted by Gasteiger charge is 2.20. The van der Waals surface area contributed by atoms with Gasteiger partial charge in [0.2, 0.25) is 0 Å². The average molecular weight is 347 g/mol. The van der Waals surface area contributed by atoms with Gasteiger partial charge in [0.1, 0.15) is 0 Å². The van der Waals surface area contributed by atoms with Gasteiger partial charge >= 0.3 is 0 Å². The maximum absolute atomic E-state index is 3.58. The zero-order chi connectivity index (χ0) is 11.5. The zero-order valence-electron chi connectivity index (χ0n) is 9.55. The van der Waals surface area contributed by atoms with E-state index >= 15 is 0 Å². The molecular formula is C13H17Br2N. The number of anilines is 1. The van der Waals surface area contributed by atoms with Crippen molar-refractivity contribution in [1.29, 1.82) is 0 Å². The van der Waals surface area contributed by atoms with E-state index in [2.05, 4.69) is 61.9 Å². The van der Waals surface area contributed by atoms with E-state index in [0.29, 0.717) is 6.04 Å². The van der Waals surface area contributed by atoms with Crippen LogP contribution < -0.4 is 4.90 Å². The fourth-order valence-corrected chi connectivity index (χ4v) is 3.20. The van der Waals surface area contributed by atoms with E-state index in [-0.39, 0.29) is 0 Å². The number of piperidine rings is 1. The Kier molecular flexibility index (Phi) is 4.31. The van der Waals surface area contributed by atoms with Crippen LogP contribution in [0.15, 0.2) is 22.7 Å². The van der Waals surface area contributed by atoms with Crippen LogP contribution in [0.1, 0.15) is 31.7 Å². The number of hydrogen-bond acceptors (Lipinski definition) is 1. The van der Waals surface area contributed by atoms with E-state index in [1.807, 2.05) is 0 Å². The molecule has 1 saturated heterocycles. The van der Waals surface area contributed by atoms with Crippen LogP contribution in [-0.4, -0.2) is 12.6 Å². The lowest BCUT2D eigenvalue weighted by molar-refractivity contribution is 0.484. The van der Waals surface area contributed by atoms with Gasteiger partial charge in [0.15, 0.2) is 0 Å². The van der Waals surface area contributed by atoms with E-state index in [4.69, 9.17) is 0 Å². The molecule has 1 unspecified atom stereocenters. The first kappa shape index (κ1) is 12.4. The van der Waals surface area contributed by atoms with Crippen LogP contribution in [0.4, 0.5) is 5.69 Å². The van der Waals surface area contributed by atoms with E-state index in [0.717, 1.165) is 5.33 Å². The van der Waals surface area contributed by atoms with Crippen LogP contribution in [0.25, 0.3) is 0 Å². The molecule has 0 radical (unpaired) electrons. The fraction of sp³-hybridized carbons (Fsp3) is 0.538. The molecule has 0 N–H and O–H groups in total. The van der Waals surface area contributed by atoms with E-state index < -0.39 is 0 Å². The third-order valence-electron chi connectivity index (χ3n) is 3.30. The molecule has 0 aliphatic carbocycles. The van der Waals surface area contributed by atoms with Crippen molar-refractivity contribution in [2.75, 3.05) is 11.4 Å². The lowest BCUT2D eigenvalue weighted by Gasteiger charge is -2.36. The van der Waals surface area contributed by atoms with Crippen molar-refractivity contribution < 1.29 is 0 Å². The van der Waals surface area contributed by atoms with Crippen molar-refractivity contribution in [2.45, 2.75) is 37.6 Å². The topological polar surface area (TPSA) is 3.24 Å². The van der Waals surface area contributed by atoms with Crippen LogP contribution >= 0.6 is 31.9 Å². The second kappa shape index (κ2) is 5.54. The maximum Gasteiger partial charge on any atom is 0.0421 e. The van der Waals surface area contributed by atoms with Crippen LogP contribution in [0.3, 0.4) is 0 Å². The number of alkyl halides is 1. The molecule has 0 bridgehead atoms. The van der Waals surface area contributed by atoms with Crippen molar-refractivity contribution in [3.05, 3.63) is 28.2 Å². The smallest absolute Gasteiger partial charge is 0.0421 e. The largest absolute Gasteiger partial charge is 0.369 e. The summed E-state index contributed by atoms with van der Waals surface area (Å²) in [6.45, 7) is 3.52. The molecule has 1 aliphatic heterocycles. The summed E-state index contributed by atoms with van der Waals surface area (Å²) in [5.74, 6) is 0. The van der Waals surface area contributed by atoms with Gasteiger partial charge in [-0.3, -0.25) is 0 Å². The Morgan fingerprint density at radius 1 is 1.38 bits per heavy atom. The molecule has 1 heterocycles. The number of rotatable bonds is 2. The summed E-state index contributed by atoms with van der Waals surface area (Å²) in [7, 11) is 0. The average Bonchev–Trinajstić information content (AvgIpc) is 2.29. The molecule has 1 aromatic rings. The predicted octanol–water partition coefficient (Wildman–Crippen LogP) is 4.72. The Morgan fingerprint density at radius 2 is 2.19 bits per heavy atom. The van der Waals surface area contributed by atoms with Crippen LogP contribution in [0.5, 0.6) is 0 Å². The molecule has 3 heteroatoms. The Labute approximate surface area is 114 Å². The first-order chi connectivity index (χ1) is 7.72. The first-order valence-electron chi connectivity index (χ1n) is 5.83.